The van der Waals surface area contributed by atoms with Crippen molar-refractivity contribution >= 4 is 24.3 Å². The van der Waals surface area contributed by atoms with E-state index in [0.29, 0.717) is 0 Å². The van der Waals surface area contributed by atoms with Crippen molar-refractivity contribution in [2.24, 2.45) is 0 Å². The maximum absolute atomic E-state index is 5.40. The highest BCUT2D eigenvalue weighted by Crippen LogP contribution is 2.17. The molecule has 154 valence electrons. The third-order valence-electron chi connectivity index (χ3n) is 4.32. The molecule has 0 saturated carbocycles. The SMILES string of the molecule is COCOc1ccc(/C=C/c2ccc(/C=C/c3ccc(OCOC)cc3)cc2)cc1. The van der Waals surface area contributed by atoms with Gasteiger partial charge in [-0.25, -0.2) is 0 Å². The fraction of sp³-hybridized carbons (Fsp3) is 0.154. The number of ether oxygens (including phenoxy) is 4. The first kappa shape index (κ1) is 21.4. The Morgan fingerprint density at radius 2 is 0.733 bits per heavy atom. The average Bonchev–Trinajstić information content (AvgIpc) is 2.80. The molecule has 3 aromatic rings. The van der Waals surface area contributed by atoms with Crippen LogP contribution in [0.5, 0.6) is 11.5 Å². The minimum absolute atomic E-state index is 0.254. The molecule has 0 amide bonds. The molecule has 0 bridgehead atoms. The molecular weight excluding hydrogens is 376 g/mol. The maximum atomic E-state index is 5.40. The van der Waals surface area contributed by atoms with Crippen molar-refractivity contribution < 1.29 is 18.9 Å². The number of benzene rings is 3. The minimum Gasteiger partial charge on any atom is -0.468 e. The van der Waals surface area contributed by atoms with Gasteiger partial charge in [-0.1, -0.05) is 72.8 Å². The van der Waals surface area contributed by atoms with Crippen LogP contribution in [0.2, 0.25) is 0 Å². The molecule has 0 aliphatic carbocycles. The largest absolute Gasteiger partial charge is 0.468 e. The standard InChI is InChI=1S/C26H26O4/c1-27-19-29-25-15-11-23(12-16-25)9-7-21-3-5-22(6-4-21)8-10-24-13-17-26(18-14-24)30-20-28-2/h3-18H,19-20H2,1-2H3/b9-7+,10-8+. The first-order chi connectivity index (χ1) is 14.8. The molecule has 0 radical (unpaired) electrons. The van der Waals surface area contributed by atoms with E-state index in [1.807, 2.05) is 48.5 Å². The van der Waals surface area contributed by atoms with Crippen molar-refractivity contribution in [3.63, 3.8) is 0 Å². The van der Waals surface area contributed by atoms with Crippen LogP contribution in [0.25, 0.3) is 24.3 Å². The van der Waals surface area contributed by atoms with Crippen LogP contribution < -0.4 is 9.47 Å². The van der Waals surface area contributed by atoms with Gasteiger partial charge in [0.05, 0.1) is 0 Å². The van der Waals surface area contributed by atoms with Gasteiger partial charge < -0.3 is 18.9 Å². The molecule has 0 fully saturated rings. The quantitative estimate of drug-likeness (QED) is 0.308. The molecule has 30 heavy (non-hydrogen) atoms. The molecule has 0 unspecified atom stereocenters. The topological polar surface area (TPSA) is 36.9 Å². The highest BCUT2D eigenvalue weighted by Gasteiger charge is 1.95. The Labute approximate surface area is 178 Å². The summed E-state index contributed by atoms with van der Waals surface area (Å²) in [7, 11) is 3.21. The fourth-order valence-electron chi connectivity index (χ4n) is 2.71. The molecule has 0 aliphatic heterocycles. The predicted octanol–water partition coefficient (Wildman–Crippen LogP) is 5.99. The van der Waals surface area contributed by atoms with Gasteiger partial charge in [-0.3, -0.25) is 0 Å². The summed E-state index contributed by atoms with van der Waals surface area (Å²) in [5.74, 6) is 1.59. The second kappa shape index (κ2) is 11.6. The second-order valence-electron chi connectivity index (χ2n) is 6.57. The van der Waals surface area contributed by atoms with Crippen LogP contribution in [-0.4, -0.2) is 27.8 Å². The van der Waals surface area contributed by atoms with Crippen molar-refractivity contribution in [1.82, 2.24) is 0 Å². The molecule has 3 rings (SSSR count). The smallest absolute Gasteiger partial charge is 0.188 e. The molecule has 4 nitrogen and oxygen atoms in total. The van der Waals surface area contributed by atoms with Crippen LogP contribution in [0, 0.1) is 0 Å². The van der Waals surface area contributed by atoms with Crippen molar-refractivity contribution in [2.75, 3.05) is 27.8 Å². The highest BCUT2D eigenvalue weighted by atomic mass is 16.7. The third kappa shape index (κ3) is 6.92. The maximum Gasteiger partial charge on any atom is 0.188 e. The Kier molecular flexibility index (Phi) is 8.27. The zero-order valence-corrected chi connectivity index (χ0v) is 17.3. The van der Waals surface area contributed by atoms with E-state index in [-0.39, 0.29) is 13.6 Å². The number of methoxy groups -OCH3 is 2. The molecule has 0 N–H and O–H groups in total. The van der Waals surface area contributed by atoms with Crippen LogP contribution in [0.3, 0.4) is 0 Å². The van der Waals surface area contributed by atoms with Gasteiger partial charge in [0.25, 0.3) is 0 Å². The fourth-order valence-corrected chi connectivity index (χ4v) is 2.71. The number of hydrogen-bond acceptors (Lipinski definition) is 4. The van der Waals surface area contributed by atoms with Gasteiger partial charge in [-0.05, 0) is 46.5 Å². The monoisotopic (exact) mass is 402 g/mol. The second-order valence-corrected chi connectivity index (χ2v) is 6.57. The van der Waals surface area contributed by atoms with Crippen LogP contribution in [0.4, 0.5) is 0 Å². The summed E-state index contributed by atoms with van der Waals surface area (Å²) in [6.45, 7) is 0.508. The lowest BCUT2D eigenvalue weighted by molar-refractivity contribution is 0.0509. The molecule has 0 aliphatic rings. The van der Waals surface area contributed by atoms with E-state index in [4.69, 9.17) is 18.9 Å². The summed E-state index contributed by atoms with van der Waals surface area (Å²) in [5.41, 5.74) is 4.52. The zero-order valence-electron chi connectivity index (χ0n) is 17.3. The van der Waals surface area contributed by atoms with Gasteiger partial charge in [0, 0.05) is 14.2 Å². The van der Waals surface area contributed by atoms with Gasteiger partial charge in [0.15, 0.2) is 13.6 Å². The molecule has 0 spiro atoms. The summed E-state index contributed by atoms with van der Waals surface area (Å²) < 4.78 is 20.6. The summed E-state index contributed by atoms with van der Waals surface area (Å²) in [5, 5.41) is 0. The lowest BCUT2D eigenvalue weighted by atomic mass is 10.1. The van der Waals surface area contributed by atoms with Crippen LogP contribution in [0.15, 0.2) is 72.8 Å². The highest BCUT2D eigenvalue weighted by molar-refractivity contribution is 5.73. The number of hydrogen-bond donors (Lipinski definition) is 0. The lowest BCUT2D eigenvalue weighted by Crippen LogP contribution is -1.98. The Morgan fingerprint density at radius 1 is 0.467 bits per heavy atom. The van der Waals surface area contributed by atoms with Gasteiger partial charge in [-0.2, -0.15) is 0 Å². The summed E-state index contributed by atoms with van der Waals surface area (Å²) in [4.78, 5) is 0. The van der Waals surface area contributed by atoms with E-state index in [1.165, 1.54) is 0 Å². The Bertz CT molecular complexity index is 859. The van der Waals surface area contributed by atoms with E-state index in [2.05, 4.69) is 48.6 Å². The summed E-state index contributed by atoms with van der Waals surface area (Å²) >= 11 is 0. The Balaban J connectivity index is 1.55. The van der Waals surface area contributed by atoms with Crippen molar-refractivity contribution in [3.05, 3.63) is 95.1 Å². The molecule has 0 atom stereocenters. The molecule has 0 aromatic heterocycles. The summed E-state index contributed by atoms with van der Waals surface area (Å²) in [6.07, 6.45) is 8.35. The van der Waals surface area contributed by atoms with E-state index < -0.39 is 0 Å². The first-order valence-corrected chi connectivity index (χ1v) is 9.66. The van der Waals surface area contributed by atoms with E-state index >= 15 is 0 Å². The third-order valence-corrected chi connectivity index (χ3v) is 4.32. The number of rotatable bonds is 10. The van der Waals surface area contributed by atoms with Gasteiger partial charge in [0.1, 0.15) is 11.5 Å². The molecule has 3 aromatic carbocycles. The molecule has 0 heterocycles. The predicted molar refractivity (Wildman–Crippen MR) is 122 cm³/mol. The van der Waals surface area contributed by atoms with Crippen molar-refractivity contribution in [3.8, 4) is 11.5 Å². The summed E-state index contributed by atoms with van der Waals surface area (Å²) in [6, 6.07) is 24.2. The van der Waals surface area contributed by atoms with Crippen LogP contribution in [-0.2, 0) is 9.47 Å². The van der Waals surface area contributed by atoms with Crippen LogP contribution in [0.1, 0.15) is 22.3 Å². The Hall–Kier alpha value is -3.34. The molecule has 4 heteroatoms. The van der Waals surface area contributed by atoms with E-state index in [0.717, 1.165) is 33.8 Å². The van der Waals surface area contributed by atoms with E-state index in [9.17, 15) is 0 Å². The molecule has 0 saturated heterocycles. The van der Waals surface area contributed by atoms with Crippen molar-refractivity contribution in [2.45, 2.75) is 0 Å². The first-order valence-electron chi connectivity index (χ1n) is 9.66. The van der Waals surface area contributed by atoms with Gasteiger partial charge >= 0.3 is 0 Å². The van der Waals surface area contributed by atoms with Gasteiger partial charge in [0.2, 0.25) is 0 Å². The minimum atomic E-state index is 0.254. The van der Waals surface area contributed by atoms with Crippen molar-refractivity contribution in [1.29, 1.82) is 0 Å². The van der Waals surface area contributed by atoms with Gasteiger partial charge in [-0.15, -0.1) is 0 Å². The average molecular weight is 402 g/mol. The molecular formula is C26H26O4. The van der Waals surface area contributed by atoms with Crippen LogP contribution >= 0.6 is 0 Å². The van der Waals surface area contributed by atoms with E-state index in [1.54, 1.807) is 14.2 Å². The Morgan fingerprint density at radius 3 is 1.00 bits per heavy atom. The normalized spacial score (nSPS) is 11.3. The zero-order chi connectivity index (χ0) is 21.0. The lowest BCUT2D eigenvalue weighted by Gasteiger charge is -2.04.